The minimum Gasteiger partial charge on any atom is -0.444 e. The van der Waals surface area contributed by atoms with E-state index < -0.39 is 35.3 Å². The number of imide groups is 2. The molecule has 3 aliphatic rings. The molecule has 2 atom stereocenters. The van der Waals surface area contributed by atoms with Crippen molar-refractivity contribution in [1.29, 1.82) is 0 Å². The number of nitrogens with zero attached hydrogens (tertiary/aromatic N) is 2. The van der Waals surface area contributed by atoms with Crippen LogP contribution in [0.2, 0.25) is 0 Å². The topological polar surface area (TPSA) is 156 Å². The van der Waals surface area contributed by atoms with Crippen molar-refractivity contribution in [3.63, 3.8) is 0 Å². The van der Waals surface area contributed by atoms with E-state index in [1.54, 1.807) is 18.2 Å². The van der Waals surface area contributed by atoms with Gasteiger partial charge in [0.15, 0.2) is 0 Å². The van der Waals surface area contributed by atoms with Crippen LogP contribution >= 0.6 is 0 Å². The summed E-state index contributed by atoms with van der Waals surface area (Å²) in [7, 11) is 0. The van der Waals surface area contributed by atoms with Gasteiger partial charge >= 0.3 is 6.09 Å². The van der Waals surface area contributed by atoms with Crippen molar-refractivity contribution in [2.24, 2.45) is 0 Å². The van der Waals surface area contributed by atoms with E-state index in [2.05, 4.69) is 20.9 Å². The number of carbonyl (C=O) groups excluding carboxylic acids is 5. The quantitative estimate of drug-likeness (QED) is 0.242. The van der Waals surface area contributed by atoms with Crippen molar-refractivity contribution in [1.82, 2.24) is 20.4 Å². The largest absolute Gasteiger partial charge is 0.444 e. The normalized spacial score (nSPS) is 21.3. The first-order chi connectivity index (χ1) is 20.0. The Hall–Kier alpha value is -3.55. The molecule has 1 aromatic rings. The Labute approximate surface area is 245 Å². The minimum atomic E-state index is -1.00. The Morgan fingerprint density at radius 2 is 1.79 bits per heavy atom. The summed E-state index contributed by atoms with van der Waals surface area (Å²) in [6.45, 7) is 10.2. The molecule has 2 unspecified atom stereocenters. The molecular formula is C29H41N5O8. The van der Waals surface area contributed by atoms with Gasteiger partial charge in [0.25, 0.3) is 11.8 Å². The molecular weight excluding hydrogens is 546 g/mol. The number of alkyl carbamates (subject to hydrolysis) is 1. The Bertz CT molecular complexity index is 1180. The molecule has 0 bridgehead atoms. The highest BCUT2D eigenvalue weighted by molar-refractivity contribution is 6.25. The summed E-state index contributed by atoms with van der Waals surface area (Å²) in [5.41, 5.74) is 0.412. The minimum absolute atomic E-state index is 0.0594. The van der Waals surface area contributed by atoms with Crippen molar-refractivity contribution >= 4 is 35.4 Å². The molecule has 4 rings (SSSR count). The van der Waals surface area contributed by atoms with E-state index in [4.69, 9.17) is 14.2 Å². The molecule has 3 N–H and O–H groups in total. The summed E-state index contributed by atoms with van der Waals surface area (Å²) >= 11 is 0. The Morgan fingerprint density at radius 1 is 1.02 bits per heavy atom. The highest BCUT2D eigenvalue weighted by Crippen LogP contribution is 2.32. The number of likely N-dealkylation sites (tertiary alicyclic amines) is 1. The van der Waals surface area contributed by atoms with Crippen LogP contribution in [0.3, 0.4) is 0 Å². The van der Waals surface area contributed by atoms with Crippen molar-refractivity contribution in [2.75, 3.05) is 57.9 Å². The number of hydrogen-bond donors (Lipinski definition) is 3. The average Bonchev–Trinajstić information content (AvgIpc) is 3.17. The monoisotopic (exact) mass is 587 g/mol. The molecule has 0 spiro atoms. The number of piperidine rings is 2. The second-order valence-electron chi connectivity index (χ2n) is 11.6. The van der Waals surface area contributed by atoms with Crippen LogP contribution in [-0.2, 0) is 23.8 Å². The van der Waals surface area contributed by atoms with E-state index >= 15 is 0 Å². The fourth-order valence-corrected chi connectivity index (χ4v) is 5.29. The number of amides is 5. The summed E-state index contributed by atoms with van der Waals surface area (Å²) in [4.78, 5) is 65.1. The zero-order valence-corrected chi connectivity index (χ0v) is 24.5. The maximum absolute atomic E-state index is 13.1. The molecule has 3 aliphatic heterocycles. The third-order valence-corrected chi connectivity index (χ3v) is 7.18. The fourth-order valence-electron chi connectivity index (χ4n) is 5.29. The molecule has 1 aromatic carbocycles. The Kier molecular flexibility index (Phi) is 10.5. The molecule has 5 amide bonds. The van der Waals surface area contributed by atoms with Gasteiger partial charge in [0, 0.05) is 37.8 Å². The van der Waals surface area contributed by atoms with Gasteiger partial charge in [-0.25, -0.2) is 4.79 Å². The summed E-state index contributed by atoms with van der Waals surface area (Å²) in [5, 5.41) is 8.30. The number of carbonyl (C=O) groups is 5. The van der Waals surface area contributed by atoms with Crippen molar-refractivity contribution in [3.8, 4) is 0 Å². The lowest BCUT2D eigenvalue weighted by molar-refractivity contribution is -0.136. The number of benzene rings is 1. The van der Waals surface area contributed by atoms with Gasteiger partial charge < -0.3 is 24.8 Å². The van der Waals surface area contributed by atoms with Gasteiger partial charge in [0.1, 0.15) is 11.6 Å². The molecule has 0 aromatic heterocycles. The van der Waals surface area contributed by atoms with E-state index in [0.717, 1.165) is 37.4 Å². The number of nitrogens with one attached hydrogen (secondary N) is 3. The van der Waals surface area contributed by atoms with E-state index in [1.165, 1.54) is 0 Å². The second-order valence-corrected chi connectivity index (χ2v) is 11.6. The van der Waals surface area contributed by atoms with Crippen LogP contribution in [0, 0.1) is 0 Å². The molecule has 42 heavy (non-hydrogen) atoms. The lowest BCUT2D eigenvalue weighted by atomic mass is 10.0. The molecule has 0 radical (unpaired) electrons. The molecule has 2 saturated heterocycles. The number of hydrogen-bond acceptors (Lipinski definition) is 10. The molecule has 0 saturated carbocycles. The summed E-state index contributed by atoms with van der Waals surface area (Å²) < 4.78 is 16.7. The van der Waals surface area contributed by atoms with Gasteiger partial charge in [-0.05, 0) is 58.7 Å². The molecule has 2 fully saturated rings. The second kappa shape index (κ2) is 14.1. The smallest absolute Gasteiger partial charge is 0.407 e. The van der Waals surface area contributed by atoms with Gasteiger partial charge in [-0.1, -0.05) is 6.07 Å². The zero-order chi connectivity index (χ0) is 30.3. The summed E-state index contributed by atoms with van der Waals surface area (Å²) in [5.74, 6) is -2.14. The summed E-state index contributed by atoms with van der Waals surface area (Å²) in [6, 6.07) is 3.99. The first-order valence-corrected chi connectivity index (χ1v) is 14.5. The predicted molar refractivity (Wildman–Crippen MR) is 152 cm³/mol. The van der Waals surface area contributed by atoms with Crippen molar-refractivity contribution in [2.45, 2.75) is 64.1 Å². The van der Waals surface area contributed by atoms with Crippen LogP contribution in [0.1, 0.15) is 67.2 Å². The first kappa shape index (κ1) is 31.4. The first-order valence-electron chi connectivity index (χ1n) is 14.5. The predicted octanol–water partition coefficient (Wildman–Crippen LogP) is 1.52. The zero-order valence-electron chi connectivity index (χ0n) is 24.5. The Morgan fingerprint density at radius 3 is 2.52 bits per heavy atom. The van der Waals surface area contributed by atoms with E-state index in [-0.39, 0.29) is 36.1 Å². The Balaban J connectivity index is 1.11. The van der Waals surface area contributed by atoms with E-state index in [1.807, 2.05) is 20.8 Å². The lowest BCUT2D eigenvalue weighted by Gasteiger charge is -2.33. The van der Waals surface area contributed by atoms with E-state index in [9.17, 15) is 24.0 Å². The van der Waals surface area contributed by atoms with Crippen molar-refractivity contribution in [3.05, 3.63) is 29.3 Å². The van der Waals surface area contributed by atoms with Gasteiger partial charge in [-0.2, -0.15) is 0 Å². The van der Waals surface area contributed by atoms with Gasteiger partial charge in [0.2, 0.25) is 11.8 Å². The molecule has 230 valence electrons. The molecule has 3 heterocycles. The molecule has 13 nitrogen and oxygen atoms in total. The highest BCUT2D eigenvalue weighted by Gasteiger charge is 2.45. The number of fused-ring (bicyclic) bond motifs is 1. The molecule has 13 heteroatoms. The van der Waals surface area contributed by atoms with Gasteiger partial charge in [0.05, 0.1) is 37.6 Å². The summed E-state index contributed by atoms with van der Waals surface area (Å²) in [6.07, 6.45) is 1.71. The number of rotatable bonds is 12. The van der Waals surface area contributed by atoms with Crippen LogP contribution in [0.5, 0.6) is 0 Å². The van der Waals surface area contributed by atoms with Crippen LogP contribution in [0.4, 0.5) is 10.5 Å². The fraction of sp³-hybridized carbons (Fsp3) is 0.621. The van der Waals surface area contributed by atoms with Gasteiger partial charge in [-0.3, -0.25) is 34.3 Å². The van der Waals surface area contributed by atoms with Crippen molar-refractivity contribution < 1.29 is 38.2 Å². The maximum Gasteiger partial charge on any atom is 0.407 e. The third-order valence-electron chi connectivity index (χ3n) is 7.18. The standard InChI is InChI=1S/C29H41N5O8/c1-29(2,3)42-28(39)31-19-6-5-12-33(18-19)13-15-41-17-16-40-14-11-30-21-8-4-7-20-24(21)27(38)34(26(20)37)22-9-10-23(35)32-25(22)36/h4,7-8,19,22,30H,5-6,9-18H2,1-3H3,(H,31,39)(H,32,35,36). The van der Waals surface area contributed by atoms with Crippen LogP contribution in [0.25, 0.3) is 0 Å². The third kappa shape index (κ3) is 8.26. The average molecular weight is 588 g/mol. The van der Waals surface area contributed by atoms with E-state index in [0.29, 0.717) is 38.7 Å². The highest BCUT2D eigenvalue weighted by atomic mass is 16.6. The van der Waals surface area contributed by atoms with Crippen LogP contribution in [0.15, 0.2) is 18.2 Å². The number of anilines is 1. The SMILES string of the molecule is CC(C)(C)OC(=O)NC1CCCN(CCOCCOCCNc2cccc3c2C(=O)N(C2CCC(=O)NC2=O)C3=O)C1. The molecule has 0 aliphatic carbocycles. The van der Waals surface area contributed by atoms with Gasteiger partial charge in [-0.15, -0.1) is 0 Å². The van der Waals surface area contributed by atoms with Crippen LogP contribution < -0.4 is 16.0 Å². The number of ether oxygens (including phenoxy) is 3. The maximum atomic E-state index is 13.1. The lowest BCUT2D eigenvalue weighted by Crippen LogP contribution is -2.54. The van der Waals surface area contributed by atoms with Crippen LogP contribution in [-0.4, -0.2) is 110 Å².